The van der Waals surface area contributed by atoms with Gasteiger partial charge in [0.25, 0.3) is 5.09 Å². The lowest BCUT2D eigenvalue weighted by Gasteiger charge is -2.20. The van der Waals surface area contributed by atoms with E-state index in [1.54, 1.807) is 0 Å². The first-order chi connectivity index (χ1) is 10.7. The average molecular weight is 413 g/mol. The summed E-state index contributed by atoms with van der Waals surface area (Å²) in [6, 6.07) is -0.996. The molecule has 1 heterocycles. The fourth-order valence-electron chi connectivity index (χ4n) is 1.59. The van der Waals surface area contributed by atoms with E-state index in [1.807, 2.05) is 0 Å². The van der Waals surface area contributed by atoms with Crippen molar-refractivity contribution in [2.24, 2.45) is 0 Å². The maximum atomic E-state index is 11.5. The lowest BCUT2D eigenvalue weighted by atomic mass is 9.96. The fraction of sp³-hybridized carbons (Fsp3) is 1.00. The topological polar surface area (TPSA) is 221 Å². The Morgan fingerprint density at radius 2 is 1.75 bits per heavy atom. The second kappa shape index (κ2) is 7.89. The molecule has 5 unspecified atom stereocenters. The highest BCUT2D eigenvalue weighted by atomic mass is 31.3. The Kier molecular flexibility index (Phi) is 7.13. The molecule has 4 N–H and O–H groups in total. The molecule has 138 valence electrons. The number of ether oxygens (including phenoxy) is 1. The normalized spacial score (nSPS) is 29.6. The summed E-state index contributed by atoms with van der Waals surface area (Å²) < 4.78 is 49.2. The van der Waals surface area contributed by atoms with E-state index in [-0.39, 0.29) is 6.42 Å². The van der Waals surface area contributed by atoms with Gasteiger partial charge in [-0.3, -0.25) is 4.52 Å². The minimum absolute atomic E-state index is 0.147. The second-order valence-corrected chi connectivity index (χ2v) is 8.62. The SMILES string of the molecule is [B]C1CC(O[N+](=O)[O-])C(COP(=O)(O)OP(=O)(O)OP(=O)(O)O)O1. The number of hydrogen-bond donors (Lipinski definition) is 4. The third-order valence-electron chi connectivity index (χ3n) is 2.27. The third kappa shape index (κ3) is 8.14. The largest absolute Gasteiger partial charge is 0.490 e. The Bertz CT molecular complexity index is 605. The summed E-state index contributed by atoms with van der Waals surface area (Å²) in [5.41, 5.74) is 0. The first-order valence-corrected chi connectivity index (χ1v) is 10.2. The van der Waals surface area contributed by atoms with Gasteiger partial charge in [-0.05, 0) is 6.42 Å². The maximum Gasteiger partial charge on any atom is 0.490 e. The van der Waals surface area contributed by atoms with Crippen molar-refractivity contribution < 1.29 is 61.1 Å². The Morgan fingerprint density at radius 3 is 2.25 bits per heavy atom. The van der Waals surface area contributed by atoms with Gasteiger partial charge >= 0.3 is 23.5 Å². The van der Waals surface area contributed by atoms with Crippen LogP contribution >= 0.6 is 23.5 Å². The highest BCUT2D eigenvalue weighted by molar-refractivity contribution is 7.66. The molecule has 0 bridgehead atoms. The van der Waals surface area contributed by atoms with Gasteiger partial charge in [0.1, 0.15) is 20.1 Å². The minimum Gasteiger partial charge on any atom is -0.380 e. The Labute approximate surface area is 134 Å². The quantitative estimate of drug-likeness (QED) is 0.157. The smallest absolute Gasteiger partial charge is 0.380 e. The van der Waals surface area contributed by atoms with E-state index >= 15 is 0 Å². The Hall–Kier alpha value is -0.365. The lowest BCUT2D eigenvalue weighted by molar-refractivity contribution is -0.769. The van der Waals surface area contributed by atoms with Gasteiger partial charge in [-0.25, -0.2) is 13.7 Å². The van der Waals surface area contributed by atoms with Crippen molar-refractivity contribution in [1.29, 1.82) is 0 Å². The molecule has 1 aliphatic rings. The van der Waals surface area contributed by atoms with E-state index < -0.39 is 53.4 Å². The number of nitrogens with zero attached hydrogens (tertiary/aromatic N) is 1. The second-order valence-electron chi connectivity index (χ2n) is 4.20. The summed E-state index contributed by atoms with van der Waals surface area (Å²) >= 11 is 0. The molecular weight excluding hydrogens is 402 g/mol. The van der Waals surface area contributed by atoms with E-state index in [2.05, 4.69) is 18.0 Å². The number of phosphoric ester groups is 1. The molecule has 0 aliphatic carbocycles. The molecule has 19 heteroatoms. The van der Waals surface area contributed by atoms with Crippen molar-refractivity contribution in [2.45, 2.75) is 24.6 Å². The van der Waals surface area contributed by atoms with E-state index in [9.17, 15) is 28.7 Å². The van der Waals surface area contributed by atoms with Crippen LogP contribution in [-0.4, -0.2) is 57.3 Å². The van der Waals surface area contributed by atoms with Crippen LogP contribution in [0.25, 0.3) is 0 Å². The predicted molar refractivity (Wildman–Crippen MR) is 70.7 cm³/mol. The third-order valence-corrected chi connectivity index (χ3v) is 6.07. The van der Waals surface area contributed by atoms with Crippen LogP contribution in [-0.2, 0) is 36.4 Å². The van der Waals surface area contributed by atoms with Gasteiger partial charge in [0.05, 0.1) is 6.61 Å². The number of phosphoric acid groups is 3. The van der Waals surface area contributed by atoms with E-state index in [1.165, 1.54) is 0 Å². The van der Waals surface area contributed by atoms with Gasteiger partial charge in [0, 0.05) is 6.00 Å². The molecule has 1 saturated heterocycles. The molecule has 0 aromatic heterocycles. The standard InChI is InChI=1S/C5H11BNO14P3/c6-5-1-3(19-7(8)9)4(18-5)2-17-23(13,14)21-24(15,16)20-22(10,11)12/h3-5H,1-2H2,(H,13,14)(H,15,16)(H2,10,11,12). The number of rotatable bonds is 9. The van der Waals surface area contributed by atoms with Gasteiger partial charge in [-0.15, -0.1) is 10.1 Å². The zero-order chi connectivity index (χ0) is 18.8. The lowest BCUT2D eigenvalue weighted by Crippen LogP contribution is -2.30. The molecule has 1 fully saturated rings. The van der Waals surface area contributed by atoms with Crippen LogP contribution < -0.4 is 0 Å². The van der Waals surface area contributed by atoms with Gasteiger partial charge in [-0.1, -0.05) is 0 Å². The van der Waals surface area contributed by atoms with Crippen LogP contribution in [0.1, 0.15) is 6.42 Å². The van der Waals surface area contributed by atoms with Crippen LogP contribution in [0.4, 0.5) is 0 Å². The Balaban J connectivity index is 2.64. The van der Waals surface area contributed by atoms with Crippen LogP contribution in [0, 0.1) is 10.1 Å². The molecule has 2 radical (unpaired) electrons. The molecule has 0 aromatic rings. The minimum atomic E-state index is -5.65. The van der Waals surface area contributed by atoms with Crippen molar-refractivity contribution in [1.82, 2.24) is 0 Å². The molecule has 0 saturated carbocycles. The van der Waals surface area contributed by atoms with Crippen molar-refractivity contribution in [3.05, 3.63) is 10.1 Å². The monoisotopic (exact) mass is 413 g/mol. The first kappa shape index (κ1) is 21.7. The molecular formula is C5H11BNO14P3. The van der Waals surface area contributed by atoms with Crippen LogP contribution in [0.5, 0.6) is 0 Å². The molecule has 5 atom stereocenters. The summed E-state index contributed by atoms with van der Waals surface area (Å²) in [7, 11) is -11.2. The van der Waals surface area contributed by atoms with Gasteiger partial charge in [0.15, 0.2) is 0 Å². The fourth-order valence-corrected chi connectivity index (χ4v) is 4.62. The van der Waals surface area contributed by atoms with Gasteiger partial charge in [-0.2, -0.15) is 8.62 Å². The molecule has 0 aromatic carbocycles. The zero-order valence-electron chi connectivity index (χ0n) is 11.4. The maximum absolute atomic E-state index is 11.5. The number of hydrogen-bond acceptors (Lipinski definition) is 10. The summed E-state index contributed by atoms with van der Waals surface area (Å²) in [6.45, 7) is -0.893. The van der Waals surface area contributed by atoms with E-state index in [4.69, 9.17) is 27.3 Å². The highest BCUT2D eigenvalue weighted by Crippen LogP contribution is 2.66. The predicted octanol–water partition coefficient (Wildman–Crippen LogP) is -0.810. The molecule has 1 aliphatic heterocycles. The first-order valence-electron chi connectivity index (χ1n) is 5.70. The zero-order valence-corrected chi connectivity index (χ0v) is 14.1. The van der Waals surface area contributed by atoms with Crippen LogP contribution in [0.2, 0.25) is 0 Å². The van der Waals surface area contributed by atoms with Gasteiger partial charge in [0.2, 0.25) is 0 Å². The van der Waals surface area contributed by atoms with Gasteiger partial charge < -0.3 is 29.1 Å². The van der Waals surface area contributed by atoms with E-state index in [0.29, 0.717) is 0 Å². The van der Waals surface area contributed by atoms with Crippen LogP contribution in [0.15, 0.2) is 0 Å². The molecule has 1 rings (SSSR count). The van der Waals surface area contributed by atoms with Crippen LogP contribution in [0.3, 0.4) is 0 Å². The van der Waals surface area contributed by atoms with Crippen molar-refractivity contribution in [3.63, 3.8) is 0 Å². The molecule has 24 heavy (non-hydrogen) atoms. The molecule has 15 nitrogen and oxygen atoms in total. The average Bonchev–Trinajstić information content (AvgIpc) is 2.61. The van der Waals surface area contributed by atoms with Crippen molar-refractivity contribution in [2.75, 3.05) is 6.61 Å². The van der Waals surface area contributed by atoms with Crippen molar-refractivity contribution in [3.8, 4) is 0 Å². The molecule has 0 amide bonds. The highest BCUT2D eigenvalue weighted by Gasteiger charge is 2.42. The molecule has 0 spiro atoms. The summed E-state index contributed by atoms with van der Waals surface area (Å²) in [4.78, 5) is 49.4. The summed E-state index contributed by atoms with van der Waals surface area (Å²) in [5.74, 6) is 0. The Morgan fingerprint density at radius 1 is 1.17 bits per heavy atom. The van der Waals surface area contributed by atoms with Crippen molar-refractivity contribution >= 4 is 31.3 Å². The summed E-state index contributed by atoms with van der Waals surface area (Å²) in [6.07, 6.45) is -2.69. The van der Waals surface area contributed by atoms with E-state index in [0.717, 1.165) is 0 Å². The summed E-state index contributed by atoms with van der Waals surface area (Å²) in [5, 5.41) is 9.14.